The van der Waals surface area contributed by atoms with Crippen LogP contribution < -0.4 is 10.0 Å². The van der Waals surface area contributed by atoms with Crippen molar-refractivity contribution in [2.45, 2.75) is 17.7 Å². The van der Waals surface area contributed by atoms with Gasteiger partial charge in [0, 0.05) is 12.2 Å². The fourth-order valence-corrected chi connectivity index (χ4v) is 3.23. The van der Waals surface area contributed by atoms with Gasteiger partial charge < -0.3 is 14.8 Å². The number of carboxylic acids is 1. The third-order valence-electron chi connectivity index (χ3n) is 3.72. The molecular formula is C16H16N2O6S. The van der Waals surface area contributed by atoms with E-state index < -0.39 is 21.9 Å². The van der Waals surface area contributed by atoms with Gasteiger partial charge in [-0.15, -0.1) is 0 Å². The Labute approximate surface area is 143 Å². The van der Waals surface area contributed by atoms with Gasteiger partial charge in [-0.1, -0.05) is 0 Å². The van der Waals surface area contributed by atoms with Gasteiger partial charge in [-0.3, -0.25) is 4.79 Å². The van der Waals surface area contributed by atoms with Crippen LogP contribution in [0.25, 0.3) is 0 Å². The molecule has 0 radical (unpaired) electrons. The lowest BCUT2D eigenvalue weighted by atomic mass is 10.3. The first-order chi connectivity index (χ1) is 11.8. The molecule has 1 aliphatic rings. The summed E-state index contributed by atoms with van der Waals surface area (Å²) < 4.78 is 31.7. The lowest BCUT2D eigenvalue weighted by Gasteiger charge is -2.07. The predicted molar refractivity (Wildman–Crippen MR) is 88.0 cm³/mol. The summed E-state index contributed by atoms with van der Waals surface area (Å²) in [7, 11) is -3.57. The second kappa shape index (κ2) is 6.69. The van der Waals surface area contributed by atoms with Crippen LogP contribution in [0.4, 0.5) is 5.69 Å². The Morgan fingerprint density at radius 1 is 1.08 bits per heavy atom. The summed E-state index contributed by atoms with van der Waals surface area (Å²) in [5, 5.41) is 11.3. The monoisotopic (exact) mass is 364 g/mol. The standard InChI is InChI=1S/C16H16N2O6S/c19-15(13-7-8-14(24-13)16(20)21)18-11-3-5-12(6-4-11)25(22,23)17-9-10-1-2-10/h3-8,10,17H,1-2,9H2,(H,18,19)(H,20,21). The third-order valence-corrected chi connectivity index (χ3v) is 5.16. The van der Waals surface area contributed by atoms with Crippen molar-refractivity contribution in [3.8, 4) is 0 Å². The summed E-state index contributed by atoms with van der Waals surface area (Å²) in [6, 6.07) is 8.10. The second-order valence-electron chi connectivity index (χ2n) is 5.74. The maximum Gasteiger partial charge on any atom is 0.371 e. The Kier molecular flexibility index (Phi) is 4.60. The fourth-order valence-electron chi connectivity index (χ4n) is 2.12. The Morgan fingerprint density at radius 2 is 1.72 bits per heavy atom. The predicted octanol–water partition coefficient (Wildman–Crippen LogP) is 1.92. The minimum absolute atomic E-state index is 0.109. The number of rotatable bonds is 7. The summed E-state index contributed by atoms with van der Waals surface area (Å²) in [5.41, 5.74) is 0.361. The normalized spacial score (nSPS) is 14.2. The van der Waals surface area contributed by atoms with Gasteiger partial charge in [-0.2, -0.15) is 0 Å². The number of anilines is 1. The van der Waals surface area contributed by atoms with Gasteiger partial charge in [-0.25, -0.2) is 17.9 Å². The van der Waals surface area contributed by atoms with Crippen LogP contribution in [-0.4, -0.2) is 31.9 Å². The molecule has 1 aromatic heterocycles. The number of amides is 1. The van der Waals surface area contributed by atoms with E-state index in [1.807, 2.05) is 0 Å². The Morgan fingerprint density at radius 3 is 2.28 bits per heavy atom. The van der Waals surface area contributed by atoms with Gasteiger partial charge in [0.2, 0.25) is 15.8 Å². The minimum Gasteiger partial charge on any atom is -0.475 e. The molecule has 0 atom stereocenters. The number of furan rings is 1. The average Bonchev–Trinajstić information content (AvgIpc) is 3.27. The van der Waals surface area contributed by atoms with E-state index in [1.54, 1.807) is 0 Å². The number of carbonyl (C=O) groups is 2. The SMILES string of the molecule is O=C(O)c1ccc(C(=O)Nc2ccc(S(=O)(=O)NCC3CC3)cc2)o1. The number of aromatic carboxylic acids is 1. The first-order valence-corrected chi connectivity index (χ1v) is 9.08. The molecule has 9 heteroatoms. The molecule has 0 bridgehead atoms. The quantitative estimate of drug-likeness (QED) is 0.689. The highest BCUT2D eigenvalue weighted by molar-refractivity contribution is 7.89. The van der Waals surface area contributed by atoms with E-state index in [9.17, 15) is 18.0 Å². The molecule has 1 amide bonds. The van der Waals surface area contributed by atoms with Crippen molar-refractivity contribution in [1.29, 1.82) is 0 Å². The third kappa shape index (κ3) is 4.25. The van der Waals surface area contributed by atoms with Gasteiger partial charge in [0.15, 0.2) is 5.76 Å². The summed E-state index contributed by atoms with van der Waals surface area (Å²) in [6.07, 6.45) is 2.09. The fraction of sp³-hybridized carbons (Fsp3) is 0.250. The number of carbonyl (C=O) groups excluding carboxylic acids is 1. The zero-order chi connectivity index (χ0) is 18.0. The van der Waals surface area contributed by atoms with Gasteiger partial charge in [0.1, 0.15) is 0 Å². The van der Waals surface area contributed by atoms with Crippen LogP contribution in [-0.2, 0) is 10.0 Å². The zero-order valence-corrected chi connectivity index (χ0v) is 13.9. The molecule has 8 nitrogen and oxygen atoms in total. The Balaban J connectivity index is 1.65. The zero-order valence-electron chi connectivity index (χ0n) is 13.1. The van der Waals surface area contributed by atoms with Crippen molar-refractivity contribution in [3.05, 3.63) is 47.9 Å². The Hall–Kier alpha value is -2.65. The van der Waals surface area contributed by atoms with E-state index in [0.29, 0.717) is 18.2 Å². The van der Waals surface area contributed by atoms with Gasteiger partial charge in [0.05, 0.1) is 4.90 Å². The summed E-state index contributed by atoms with van der Waals surface area (Å²) in [4.78, 5) is 22.8. The molecule has 2 aromatic rings. The van der Waals surface area contributed by atoms with Crippen LogP contribution in [0.1, 0.15) is 34.0 Å². The lowest BCUT2D eigenvalue weighted by Crippen LogP contribution is -2.25. The van der Waals surface area contributed by atoms with E-state index in [4.69, 9.17) is 9.52 Å². The molecule has 25 heavy (non-hydrogen) atoms. The van der Waals surface area contributed by atoms with Crippen molar-refractivity contribution in [3.63, 3.8) is 0 Å². The lowest BCUT2D eigenvalue weighted by molar-refractivity contribution is 0.0660. The Bertz CT molecular complexity index is 897. The highest BCUT2D eigenvalue weighted by Crippen LogP contribution is 2.28. The molecule has 132 valence electrons. The number of nitrogens with one attached hydrogen (secondary N) is 2. The summed E-state index contributed by atoms with van der Waals surface area (Å²) in [6.45, 7) is 0.436. The van der Waals surface area contributed by atoms with E-state index in [1.165, 1.54) is 36.4 Å². The maximum atomic E-state index is 12.1. The smallest absolute Gasteiger partial charge is 0.371 e. The highest BCUT2D eigenvalue weighted by Gasteiger charge is 2.24. The minimum atomic E-state index is -3.57. The van der Waals surface area contributed by atoms with Crippen LogP contribution in [0.2, 0.25) is 0 Å². The van der Waals surface area contributed by atoms with Crippen molar-refractivity contribution in [2.75, 3.05) is 11.9 Å². The molecule has 1 aromatic carbocycles. The molecule has 1 aliphatic carbocycles. The first kappa shape index (κ1) is 17.2. The molecule has 0 spiro atoms. The van der Waals surface area contributed by atoms with Crippen LogP contribution >= 0.6 is 0 Å². The van der Waals surface area contributed by atoms with Crippen LogP contribution in [0.3, 0.4) is 0 Å². The maximum absolute atomic E-state index is 12.1. The summed E-state index contributed by atoms with van der Waals surface area (Å²) in [5.74, 6) is -1.96. The molecule has 3 N–H and O–H groups in total. The summed E-state index contributed by atoms with van der Waals surface area (Å²) >= 11 is 0. The highest BCUT2D eigenvalue weighted by atomic mass is 32.2. The molecule has 1 heterocycles. The molecule has 0 aliphatic heterocycles. The van der Waals surface area contributed by atoms with Crippen molar-refractivity contribution >= 4 is 27.6 Å². The number of hydrogen-bond donors (Lipinski definition) is 3. The van der Waals surface area contributed by atoms with Gasteiger partial charge in [0.25, 0.3) is 5.91 Å². The molecule has 3 rings (SSSR count). The van der Waals surface area contributed by atoms with Crippen molar-refractivity contribution in [1.82, 2.24) is 4.72 Å². The number of hydrogen-bond acceptors (Lipinski definition) is 5. The number of carboxylic acid groups (broad SMARTS) is 1. The molecule has 0 unspecified atom stereocenters. The molecular weight excluding hydrogens is 348 g/mol. The van der Waals surface area contributed by atoms with Gasteiger partial charge in [-0.05, 0) is 55.2 Å². The van der Waals surface area contributed by atoms with Gasteiger partial charge >= 0.3 is 5.97 Å². The van der Waals surface area contributed by atoms with Crippen molar-refractivity contribution < 1.29 is 27.5 Å². The molecule has 1 fully saturated rings. The largest absolute Gasteiger partial charge is 0.475 e. The molecule has 0 saturated heterocycles. The average molecular weight is 364 g/mol. The van der Waals surface area contributed by atoms with Crippen LogP contribution in [0.5, 0.6) is 0 Å². The number of benzene rings is 1. The van der Waals surface area contributed by atoms with E-state index >= 15 is 0 Å². The topological polar surface area (TPSA) is 126 Å². The van der Waals surface area contributed by atoms with Crippen LogP contribution in [0, 0.1) is 5.92 Å². The van der Waals surface area contributed by atoms with E-state index in [0.717, 1.165) is 12.8 Å². The van der Waals surface area contributed by atoms with E-state index in [2.05, 4.69) is 10.0 Å². The van der Waals surface area contributed by atoms with Crippen molar-refractivity contribution in [2.24, 2.45) is 5.92 Å². The molecule has 1 saturated carbocycles. The number of sulfonamides is 1. The first-order valence-electron chi connectivity index (χ1n) is 7.59. The van der Waals surface area contributed by atoms with Crippen LogP contribution in [0.15, 0.2) is 45.7 Å². The second-order valence-corrected chi connectivity index (χ2v) is 7.51. The van der Waals surface area contributed by atoms with E-state index in [-0.39, 0.29) is 16.4 Å².